The summed E-state index contributed by atoms with van der Waals surface area (Å²) in [6.45, 7) is 4.02. The number of carbonyl (C=O) groups is 1. The molecule has 0 radical (unpaired) electrons. The lowest BCUT2D eigenvalue weighted by Crippen LogP contribution is -2.31. The number of hydrogen-bond acceptors (Lipinski definition) is 5. The predicted octanol–water partition coefficient (Wildman–Crippen LogP) is 4.77. The van der Waals surface area contributed by atoms with Crippen LogP contribution in [0.25, 0.3) is 0 Å². The van der Waals surface area contributed by atoms with Crippen molar-refractivity contribution in [3.05, 3.63) is 83.6 Å². The van der Waals surface area contributed by atoms with Gasteiger partial charge in [0.15, 0.2) is 0 Å². The third kappa shape index (κ3) is 5.85. The average molecular weight is 470 g/mol. The summed E-state index contributed by atoms with van der Waals surface area (Å²) >= 11 is 0. The summed E-state index contributed by atoms with van der Waals surface area (Å²) in [6.07, 6.45) is -1.95. The Morgan fingerprint density at radius 1 is 0.971 bits per heavy atom. The Bertz CT molecular complexity index is 1120. The highest BCUT2D eigenvalue weighted by atomic mass is 19.4. The summed E-state index contributed by atoms with van der Waals surface area (Å²) in [7, 11) is 0. The van der Waals surface area contributed by atoms with Gasteiger partial charge in [-0.3, -0.25) is 9.69 Å². The van der Waals surface area contributed by atoms with Crippen LogP contribution in [0.5, 0.6) is 5.75 Å². The van der Waals surface area contributed by atoms with Crippen LogP contribution in [0.15, 0.2) is 66.9 Å². The molecule has 0 bridgehead atoms. The van der Waals surface area contributed by atoms with E-state index in [1.165, 1.54) is 0 Å². The van der Waals surface area contributed by atoms with Gasteiger partial charge in [0.05, 0.1) is 17.4 Å². The van der Waals surface area contributed by atoms with E-state index in [2.05, 4.69) is 20.1 Å². The number of aromatic nitrogens is 1. The number of pyridine rings is 1. The van der Waals surface area contributed by atoms with Gasteiger partial charge >= 0.3 is 6.18 Å². The van der Waals surface area contributed by atoms with Gasteiger partial charge in [-0.25, -0.2) is 4.98 Å². The fourth-order valence-corrected chi connectivity index (χ4v) is 3.90. The maximum Gasteiger partial charge on any atom is 0.416 e. The summed E-state index contributed by atoms with van der Waals surface area (Å²) < 4.78 is 38.1. The van der Waals surface area contributed by atoms with Crippen molar-refractivity contribution >= 4 is 17.4 Å². The van der Waals surface area contributed by atoms with Crippen molar-refractivity contribution in [1.29, 1.82) is 0 Å². The SMILES string of the molecule is O=C(Nc1ccc(N2CCCN(Cc3ccccc3O)CC2)nc1)c1ccc(C(F)(F)F)cc1. The molecule has 178 valence electrons. The van der Waals surface area contributed by atoms with E-state index in [9.17, 15) is 23.1 Å². The molecule has 1 aliphatic heterocycles. The molecule has 0 spiro atoms. The molecular weight excluding hydrogens is 445 g/mol. The van der Waals surface area contributed by atoms with E-state index in [4.69, 9.17) is 0 Å². The molecule has 1 saturated heterocycles. The molecule has 3 aromatic rings. The van der Waals surface area contributed by atoms with Gasteiger partial charge in [0.1, 0.15) is 11.6 Å². The van der Waals surface area contributed by atoms with E-state index in [-0.39, 0.29) is 5.56 Å². The number of amides is 1. The Labute approximate surface area is 195 Å². The lowest BCUT2D eigenvalue weighted by molar-refractivity contribution is -0.137. The molecule has 2 N–H and O–H groups in total. The number of aromatic hydroxyl groups is 1. The molecule has 1 aromatic heterocycles. The molecule has 2 heterocycles. The summed E-state index contributed by atoms with van der Waals surface area (Å²) in [5.74, 6) is 0.592. The second-order valence-corrected chi connectivity index (χ2v) is 8.18. The Balaban J connectivity index is 1.33. The van der Waals surface area contributed by atoms with Crippen molar-refractivity contribution in [1.82, 2.24) is 9.88 Å². The van der Waals surface area contributed by atoms with E-state index in [1.54, 1.807) is 18.3 Å². The van der Waals surface area contributed by atoms with Gasteiger partial charge in [-0.2, -0.15) is 13.2 Å². The quantitative estimate of drug-likeness (QED) is 0.562. The molecule has 4 rings (SSSR count). The summed E-state index contributed by atoms with van der Waals surface area (Å²) in [5.41, 5.74) is 0.702. The first-order valence-electron chi connectivity index (χ1n) is 11.0. The van der Waals surface area contributed by atoms with Crippen LogP contribution in [0.4, 0.5) is 24.7 Å². The van der Waals surface area contributed by atoms with E-state index < -0.39 is 17.6 Å². The van der Waals surface area contributed by atoms with E-state index in [0.717, 1.165) is 68.2 Å². The minimum absolute atomic E-state index is 0.133. The van der Waals surface area contributed by atoms with Crippen molar-refractivity contribution < 1.29 is 23.1 Å². The standard InChI is InChI=1S/C25H25F3N4O2/c26-25(27,28)20-8-6-18(7-9-20)24(34)30-21-10-11-23(29-16-21)32-13-3-12-31(14-15-32)17-19-4-1-2-5-22(19)33/h1-2,4-11,16,33H,3,12-15,17H2,(H,30,34). The first kappa shape index (κ1) is 23.6. The zero-order chi connectivity index (χ0) is 24.1. The molecule has 6 nitrogen and oxygen atoms in total. The molecule has 0 aliphatic carbocycles. The molecule has 0 unspecified atom stereocenters. The Hall–Kier alpha value is -3.59. The molecule has 34 heavy (non-hydrogen) atoms. The minimum Gasteiger partial charge on any atom is -0.508 e. The van der Waals surface area contributed by atoms with Gasteiger partial charge in [0.2, 0.25) is 0 Å². The zero-order valence-electron chi connectivity index (χ0n) is 18.4. The van der Waals surface area contributed by atoms with Crippen molar-refractivity contribution in [3.8, 4) is 5.75 Å². The normalized spacial score (nSPS) is 15.1. The fourth-order valence-electron chi connectivity index (χ4n) is 3.90. The average Bonchev–Trinajstić information content (AvgIpc) is 3.06. The largest absolute Gasteiger partial charge is 0.508 e. The van der Waals surface area contributed by atoms with Crippen LogP contribution in [-0.4, -0.2) is 47.1 Å². The highest BCUT2D eigenvalue weighted by Gasteiger charge is 2.30. The van der Waals surface area contributed by atoms with Crippen LogP contribution in [0.3, 0.4) is 0 Å². The van der Waals surface area contributed by atoms with Gasteiger partial charge in [-0.15, -0.1) is 0 Å². The van der Waals surface area contributed by atoms with E-state index in [1.807, 2.05) is 24.3 Å². The van der Waals surface area contributed by atoms with Crippen LogP contribution < -0.4 is 10.2 Å². The predicted molar refractivity (Wildman–Crippen MR) is 124 cm³/mol. The van der Waals surface area contributed by atoms with Gasteiger partial charge in [0, 0.05) is 43.9 Å². The monoisotopic (exact) mass is 470 g/mol. The van der Waals surface area contributed by atoms with Crippen LogP contribution in [0.2, 0.25) is 0 Å². The van der Waals surface area contributed by atoms with Crippen molar-refractivity contribution in [2.75, 3.05) is 36.4 Å². The number of phenols is 1. The zero-order valence-corrected chi connectivity index (χ0v) is 18.4. The number of rotatable bonds is 5. The minimum atomic E-state index is -4.44. The van der Waals surface area contributed by atoms with E-state index >= 15 is 0 Å². The number of nitrogens with one attached hydrogen (secondary N) is 1. The number of nitrogens with zero attached hydrogens (tertiary/aromatic N) is 3. The topological polar surface area (TPSA) is 68.7 Å². The molecular formula is C25H25F3N4O2. The molecule has 1 aliphatic rings. The summed E-state index contributed by atoms with van der Waals surface area (Å²) in [4.78, 5) is 21.3. The summed E-state index contributed by atoms with van der Waals surface area (Å²) in [6, 6.07) is 15.0. The van der Waals surface area contributed by atoms with Crippen LogP contribution in [-0.2, 0) is 12.7 Å². The van der Waals surface area contributed by atoms with Gasteiger partial charge in [-0.1, -0.05) is 18.2 Å². The Kier molecular flexibility index (Phi) is 7.02. The number of para-hydroxylation sites is 1. The van der Waals surface area contributed by atoms with Crippen LogP contribution in [0, 0.1) is 0 Å². The lowest BCUT2D eigenvalue weighted by Gasteiger charge is -2.23. The van der Waals surface area contributed by atoms with Gasteiger partial charge in [-0.05, 0) is 48.9 Å². The first-order valence-corrected chi connectivity index (χ1v) is 11.0. The third-order valence-corrected chi connectivity index (χ3v) is 5.78. The van der Waals surface area contributed by atoms with Crippen molar-refractivity contribution in [2.24, 2.45) is 0 Å². The van der Waals surface area contributed by atoms with Gasteiger partial charge < -0.3 is 15.3 Å². The van der Waals surface area contributed by atoms with Crippen LogP contribution in [0.1, 0.15) is 27.9 Å². The molecule has 0 atom stereocenters. The second kappa shape index (κ2) is 10.1. The highest BCUT2D eigenvalue weighted by Crippen LogP contribution is 2.29. The number of halogens is 3. The lowest BCUT2D eigenvalue weighted by atomic mass is 10.1. The molecule has 1 fully saturated rings. The van der Waals surface area contributed by atoms with Crippen molar-refractivity contribution in [3.63, 3.8) is 0 Å². The highest BCUT2D eigenvalue weighted by molar-refractivity contribution is 6.04. The number of phenolic OH excluding ortho intramolecular Hbond substituents is 1. The second-order valence-electron chi connectivity index (χ2n) is 8.18. The van der Waals surface area contributed by atoms with E-state index in [0.29, 0.717) is 18.0 Å². The maximum atomic E-state index is 12.7. The molecule has 1 amide bonds. The smallest absolute Gasteiger partial charge is 0.416 e. The third-order valence-electron chi connectivity index (χ3n) is 5.78. The maximum absolute atomic E-state index is 12.7. The van der Waals surface area contributed by atoms with Gasteiger partial charge in [0.25, 0.3) is 5.91 Å². The first-order chi connectivity index (χ1) is 16.3. The Morgan fingerprint density at radius 2 is 1.74 bits per heavy atom. The molecule has 9 heteroatoms. The molecule has 2 aromatic carbocycles. The number of anilines is 2. The van der Waals surface area contributed by atoms with Crippen molar-refractivity contribution in [2.45, 2.75) is 19.1 Å². The molecule has 0 saturated carbocycles. The number of carbonyl (C=O) groups excluding carboxylic acids is 1. The van der Waals surface area contributed by atoms with Crippen LogP contribution >= 0.6 is 0 Å². The number of alkyl halides is 3. The number of benzene rings is 2. The summed E-state index contributed by atoms with van der Waals surface area (Å²) in [5, 5.41) is 12.7. The fraction of sp³-hybridized carbons (Fsp3) is 0.280. The Morgan fingerprint density at radius 3 is 2.41 bits per heavy atom. The number of hydrogen-bond donors (Lipinski definition) is 2.